The van der Waals surface area contributed by atoms with Gasteiger partial charge in [0.1, 0.15) is 0 Å². The highest BCUT2D eigenvalue weighted by Gasteiger charge is 2.01. The van der Waals surface area contributed by atoms with Crippen LogP contribution in [0.5, 0.6) is 0 Å². The summed E-state index contributed by atoms with van der Waals surface area (Å²) in [5, 5.41) is 3.32. The van der Waals surface area contributed by atoms with Crippen LogP contribution in [0.2, 0.25) is 0 Å². The fourth-order valence-corrected chi connectivity index (χ4v) is 2.64. The van der Waals surface area contributed by atoms with Crippen LogP contribution >= 0.6 is 11.3 Å². The lowest BCUT2D eigenvalue weighted by Gasteiger charge is -2.02. The standard InChI is InChI=1S/C13H15NS/c1-9-4-10(2)6-12(5-9)7-13-14-11(3)8-15-13/h4-6,8H,7H2,1-3H3. The highest BCUT2D eigenvalue weighted by Crippen LogP contribution is 2.16. The summed E-state index contributed by atoms with van der Waals surface area (Å²) in [7, 11) is 0. The monoisotopic (exact) mass is 217 g/mol. The van der Waals surface area contributed by atoms with Crippen LogP contribution in [0.1, 0.15) is 27.4 Å². The van der Waals surface area contributed by atoms with E-state index in [-0.39, 0.29) is 0 Å². The van der Waals surface area contributed by atoms with E-state index in [0.717, 1.165) is 12.1 Å². The van der Waals surface area contributed by atoms with Crippen LogP contribution in [0.3, 0.4) is 0 Å². The highest BCUT2D eigenvalue weighted by atomic mass is 32.1. The summed E-state index contributed by atoms with van der Waals surface area (Å²) < 4.78 is 0. The lowest BCUT2D eigenvalue weighted by molar-refractivity contribution is 1.09. The Bertz CT molecular complexity index is 451. The van der Waals surface area contributed by atoms with Gasteiger partial charge < -0.3 is 0 Å². The van der Waals surface area contributed by atoms with Crippen molar-refractivity contribution >= 4 is 11.3 Å². The Hall–Kier alpha value is -1.15. The minimum atomic E-state index is 0.959. The van der Waals surface area contributed by atoms with Crippen LogP contribution in [0.4, 0.5) is 0 Å². The van der Waals surface area contributed by atoms with Crippen molar-refractivity contribution in [3.8, 4) is 0 Å². The van der Waals surface area contributed by atoms with Crippen molar-refractivity contribution in [2.75, 3.05) is 0 Å². The van der Waals surface area contributed by atoms with Crippen molar-refractivity contribution in [2.45, 2.75) is 27.2 Å². The summed E-state index contributed by atoms with van der Waals surface area (Å²) in [6.07, 6.45) is 0.959. The van der Waals surface area contributed by atoms with Gasteiger partial charge in [-0.1, -0.05) is 29.3 Å². The second kappa shape index (κ2) is 4.15. The molecule has 0 spiro atoms. The predicted molar refractivity (Wildman–Crippen MR) is 65.6 cm³/mol. The Labute approximate surface area is 94.8 Å². The molecular weight excluding hydrogens is 202 g/mol. The van der Waals surface area contributed by atoms with Crippen LogP contribution in [0.25, 0.3) is 0 Å². The van der Waals surface area contributed by atoms with Crippen LogP contribution in [0.15, 0.2) is 23.6 Å². The molecule has 0 amide bonds. The second-order valence-corrected chi connectivity index (χ2v) is 5.00. The molecule has 2 rings (SSSR count). The molecule has 0 aliphatic heterocycles. The van der Waals surface area contributed by atoms with Gasteiger partial charge >= 0.3 is 0 Å². The molecule has 0 N–H and O–H groups in total. The van der Waals surface area contributed by atoms with Gasteiger partial charge in [-0.05, 0) is 26.3 Å². The number of hydrogen-bond acceptors (Lipinski definition) is 2. The number of aryl methyl sites for hydroxylation is 3. The van der Waals surface area contributed by atoms with Gasteiger partial charge in [-0.3, -0.25) is 0 Å². The summed E-state index contributed by atoms with van der Waals surface area (Å²) in [6.45, 7) is 6.33. The topological polar surface area (TPSA) is 12.9 Å². The third kappa shape index (κ3) is 2.66. The maximum atomic E-state index is 4.48. The molecule has 2 aromatic rings. The minimum absolute atomic E-state index is 0.959. The molecule has 0 unspecified atom stereocenters. The summed E-state index contributed by atoms with van der Waals surface area (Å²) >= 11 is 1.74. The number of thiazole rings is 1. The molecule has 0 bridgehead atoms. The zero-order valence-electron chi connectivity index (χ0n) is 9.37. The van der Waals surface area contributed by atoms with E-state index in [1.54, 1.807) is 11.3 Å². The van der Waals surface area contributed by atoms with E-state index in [9.17, 15) is 0 Å². The first-order valence-corrected chi connectivity index (χ1v) is 5.99. The molecule has 0 aliphatic rings. The maximum Gasteiger partial charge on any atom is 0.0972 e. The molecule has 2 heteroatoms. The smallest absolute Gasteiger partial charge is 0.0972 e. The first kappa shape index (κ1) is 10.4. The number of hydrogen-bond donors (Lipinski definition) is 0. The molecule has 0 radical (unpaired) electrons. The van der Waals surface area contributed by atoms with Crippen molar-refractivity contribution in [1.82, 2.24) is 4.98 Å². The quantitative estimate of drug-likeness (QED) is 0.748. The summed E-state index contributed by atoms with van der Waals surface area (Å²) in [6, 6.07) is 6.68. The lowest BCUT2D eigenvalue weighted by atomic mass is 10.1. The average molecular weight is 217 g/mol. The molecule has 0 aliphatic carbocycles. The molecule has 78 valence electrons. The van der Waals surface area contributed by atoms with E-state index in [4.69, 9.17) is 0 Å². The Kier molecular flexibility index (Phi) is 2.87. The van der Waals surface area contributed by atoms with E-state index in [2.05, 4.69) is 42.4 Å². The van der Waals surface area contributed by atoms with E-state index in [1.165, 1.54) is 21.7 Å². The minimum Gasteiger partial charge on any atom is -0.246 e. The summed E-state index contributed by atoms with van der Waals surface area (Å²) in [4.78, 5) is 4.48. The van der Waals surface area contributed by atoms with Gasteiger partial charge in [0.25, 0.3) is 0 Å². The fraction of sp³-hybridized carbons (Fsp3) is 0.308. The Morgan fingerprint density at radius 2 is 1.73 bits per heavy atom. The van der Waals surface area contributed by atoms with Gasteiger partial charge in [0.15, 0.2) is 0 Å². The lowest BCUT2D eigenvalue weighted by Crippen LogP contribution is -1.89. The molecule has 1 aromatic heterocycles. The highest BCUT2D eigenvalue weighted by molar-refractivity contribution is 7.09. The molecule has 0 saturated heterocycles. The van der Waals surface area contributed by atoms with Gasteiger partial charge in [-0.25, -0.2) is 4.98 Å². The van der Waals surface area contributed by atoms with Crippen molar-refractivity contribution in [3.63, 3.8) is 0 Å². The Balaban J connectivity index is 2.24. The number of rotatable bonds is 2. The van der Waals surface area contributed by atoms with Crippen LogP contribution in [-0.2, 0) is 6.42 Å². The molecule has 1 nitrogen and oxygen atoms in total. The molecule has 0 atom stereocenters. The van der Waals surface area contributed by atoms with Crippen LogP contribution in [0, 0.1) is 20.8 Å². The number of nitrogens with zero attached hydrogens (tertiary/aromatic N) is 1. The molecule has 0 saturated carbocycles. The van der Waals surface area contributed by atoms with Gasteiger partial charge in [0.2, 0.25) is 0 Å². The molecule has 1 heterocycles. The molecule has 0 fully saturated rings. The Morgan fingerprint density at radius 3 is 2.27 bits per heavy atom. The maximum absolute atomic E-state index is 4.48. The van der Waals surface area contributed by atoms with Crippen LogP contribution in [-0.4, -0.2) is 4.98 Å². The largest absolute Gasteiger partial charge is 0.246 e. The zero-order chi connectivity index (χ0) is 10.8. The first-order chi connectivity index (χ1) is 7.13. The van der Waals surface area contributed by atoms with E-state index >= 15 is 0 Å². The van der Waals surface area contributed by atoms with Gasteiger partial charge in [-0.2, -0.15) is 0 Å². The van der Waals surface area contributed by atoms with E-state index in [0.29, 0.717) is 0 Å². The number of aromatic nitrogens is 1. The van der Waals surface area contributed by atoms with Gasteiger partial charge in [-0.15, -0.1) is 11.3 Å². The predicted octanol–water partition coefficient (Wildman–Crippen LogP) is 3.66. The van der Waals surface area contributed by atoms with Crippen molar-refractivity contribution in [2.24, 2.45) is 0 Å². The fourth-order valence-electron chi connectivity index (χ4n) is 1.83. The zero-order valence-corrected chi connectivity index (χ0v) is 10.2. The normalized spacial score (nSPS) is 10.6. The Morgan fingerprint density at radius 1 is 1.07 bits per heavy atom. The summed E-state index contributed by atoms with van der Waals surface area (Å²) in [5.41, 5.74) is 5.15. The van der Waals surface area contributed by atoms with Gasteiger partial charge in [0, 0.05) is 17.5 Å². The SMILES string of the molecule is Cc1cc(C)cc(Cc2nc(C)cs2)c1. The molecule has 1 aromatic carbocycles. The van der Waals surface area contributed by atoms with E-state index < -0.39 is 0 Å². The van der Waals surface area contributed by atoms with E-state index in [1.807, 2.05) is 6.92 Å². The third-order valence-corrected chi connectivity index (χ3v) is 3.27. The van der Waals surface area contributed by atoms with Gasteiger partial charge in [0.05, 0.1) is 5.01 Å². The number of benzene rings is 1. The van der Waals surface area contributed by atoms with Crippen molar-refractivity contribution in [1.29, 1.82) is 0 Å². The first-order valence-electron chi connectivity index (χ1n) is 5.11. The average Bonchev–Trinajstić information content (AvgIpc) is 2.49. The third-order valence-electron chi connectivity index (χ3n) is 2.30. The summed E-state index contributed by atoms with van der Waals surface area (Å²) in [5.74, 6) is 0. The van der Waals surface area contributed by atoms with Crippen molar-refractivity contribution in [3.05, 3.63) is 51.0 Å². The second-order valence-electron chi connectivity index (χ2n) is 4.06. The molecular formula is C13H15NS. The van der Waals surface area contributed by atoms with Crippen LogP contribution < -0.4 is 0 Å². The molecule has 15 heavy (non-hydrogen) atoms. The van der Waals surface area contributed by atoms with Crippen molar-refractivity contribution < 1.29 is 0 Å².